The van der Waals surface area contributed by atoms with Crippen LogP contribution in [0.1, 0.15) is 24.8 Å². The molecule has 2 bridgehead atoms. The number of rotatable bonds is 2. The van der Waals surface area contributed by atoms with Crippen molar-refractivity contribution >= 4 is 11.6 Å². The van der Waals surface area contributed by atoms with E-state index in [1.54, 1.807) is 7.11 Å². The molecule has 0 atom stereocenters. The molecule has 3 aliphatic carbocycles. The molecule has 80 valence electrons. The fourth-order valence-corrected chi connectivity index (χ4v) is 3.36. The van der Waals surface area contributed by atoms with Gasteiger partial charge in [0.2, 0.25) is 0 Å². The van der Waals surface area contributed by atoms with Crippen molar-refractivity contribution in [2.45, 2.75) is 30.2 Å². The van der Waals surface area contributed by atoms with Gasteiger partial charge in [0.25, 0.3) is 0 Å². The van der Waals surface area contributed by atoms with Crippen LogP contribution in [0, 0.1) is 0 Å². The van der Waals surface area contributed by atoms with Gasteiger partial charge in [-0.15, -0.1) is 0 Å². The Hall–Kier alpha value is -0.730. The Labute approximate surface area is 94.4 Å². The molecule has 2 N–H and O–H groups in total. The Morgan fingerprint density at radius 2 is 2.00 bits per heavy atom. The molecule has 0 aromatic heterocycles. The van der Waals surface area contributed by atoms with Gasteiger partial charge in [-0.05, 0) is 37.0 Å². The van der Waals surface area contributed by atoms with Crippen LogP contribution in [0.4, 0.5) is 0 Å². The third-order valence-corrected chi connectivity index (χ3v) is 4.15. The molecule has 0 unspecified atom stereocenters. The van der Waals surface area contributed by atoms with Crippen LogP contribution in [0.25, 0.3) is 0 Å². The lowest BCUT2D eigenvalue weighted by Crippen LogP contribution is -2.74. The Bertz CT molecular complexity index is 410. The smallest absolute Gasteiger partial charge is 0.137 e. The zero-order valence-corrected chi connectivity index (χ0v) is 9.47. The van der Waals surface area contributed by atoms with Crippen LogP contribution >= 0.6 is 11.6 Å². The summed E-state index contributed by atoms with van der Waals surface area (Å²) in [6, 6.07) is 6.07. The Morgan fingerprint density at radius 1 is 1.33 bits per heavy atom. The van der Waals surface area contributed by atoms with Crippen LogP contribution < -0.4 is 10.5 Å². The molecule has 4 rings (SSSR count). The lowest BCUT2D eigenvalue weighted by molar-refractivity contribution is -0.0590. The van der Waals surface area contributed by atoms with Gasteiger partial charge in [-0.2, -0.15) is 0 Å². The van der Waals surface area contributed by atoms with E-state index in [1.807, 2.05) is 6.07 Å². The molecule has 0 radical (unpaired) electrons. The monoisotopic (exact) mass is 223 g/mol. The highest BCUT2D eigenvalue weighted by molar-refractivity contribution is 6.32. The van der Waals surface area contributed by atoms with Crippen molar-refractivity contribution in [1.29, 1.82) is 0 Å². The zero-order valence-electron chi connectivity index (χ0n) is 8.72. The van der Waals surface area contributed by atoms with Crippen LogP contribution in [0.3, 0.4) is 0 Å². The number of methoxy groups -OCH3 is 1. The number of hydrogen-bond acceptors (Lipinski definition) is 2. The minimum atomic E-state index is 0.146. The first-order chi connectivity index (χ1) is 7.07. The van der Waals surface area contributed by atoms with Crippen molar-refractivity contribution in [1.82, 2.24) is 0 Å². The Morgan fingerprint density at radius 3 is 2.53 bits per heavy atom. The maximum absolute atomic E-state index is 6.05. The number of nitrogens with two attached hydrogens (primary N) is 1. The summed E-state index contributed by atoms with van der Waals surface area (Å²) in [6.45, 7) is 0. The number of halogens is 1. The van der Waals surface area contributed by atoms with Crippen molar-refractivity contribution in [2.24, 2.45) is 5.73 Å². The SMILES string of the molecule is COc1cc(C23CC(N)(C2)C3)ccc1Cl. The fraction of sp³-hybridized carbons (Fsp3) is 0.500. The molecule has 1 aromatic rings. The summed E-state index contributed by atoms with van der Waals surface area (Å²) >= 11 is 6.00. The summed E-state index contributed by atoms with van der Waals surface area (Å²) in [5.41, 5.74) is 7.87. The number of ether oxygens (including phenoxy) is 1. The van der Waals surface area contributed by atoms with Gasteiger partial charge >= 0.3 is 0 Å². The largest absolute Gasteiger partial charge is 0.495 e. The number of benzene rings is 1. The Kier molecular flexibility index (Phi) is 1.70. The van der Waals surface area contributed by atoms with Gasteiger partial charge in [0.15, 0.2) is 0 Å². The van der Waals surface area contributed by atoms with Crippen molar-refractivity contribution in [3.63, 3.8) is 0 Å². The van der Waals surface area contributed by atoms with Gasteiger partial charge in [-0.3, -0.25) is 0 Å². The molecule has 0 saturated heterocycles. The van der Waals surface area contributed by atoms with Gasteiger partial charge in [0.05, 0.1) is 12.1 Å². The lowest BCUT2D eigenvalue weighted by Gasteiger charge is -2.69. The predicted molar refractivity (Wildman–Crippen MR) is 60.5 cm³/mol. The second kappa shape index (κ2) is 2.69. The van der Waals surface area contributed by atoms with Crippen LogP contribution in [-0.4, -0.2) is 12.6 Å². The molecule has 0 amide bonds. The molecule has 0 spiro atoms. The molecule has 3 fully saturated rings. The summed E-state index contributed by atoms with van der Waals surface area (Å²) in [4.78, 5) is 0. The first kappa shape index (κ1) is 9.49. The van der Waals surface area contributed by atoms with Crippen molar-refractivity contribution in [3.8, 4) is 5.75 Å². The fourth-order valence-electron chi connectivity index (χ4n) is 3.16. The molecule has 3 saturated carbocycles. The maximum Gasteiger partial charge on any atom is 0.137 e. The molecule has 3 heteroatoms. The van der Waals surface area contributed by atoms with E-state index in [0.29, 0.717) is 10.4 Å². The first-order valence-electron chi connectivity index (χ1n) is 5.20. The molecule has 15 heavy (non-hydrogen) atoms. The first-order valence-corrected chi connectivity index (χ1v) is 5.58. The van der Waals surface area contributed by atoms with Crippen LogP contribution in [-0.2, 0) is 5.41 Å². The standard InChI is InChI=1S/C12H14ClNO/c1-15-10-4-8(2-3-9(10)13)11-5-12(14,6-11)7-11/h2-4H,5-7,14H2,1H3. The summed E-state index contributed by atoms with van der Waals surface area (Å²) in [5.74, 6) is 0.768. The van der Waals surface area contributed by atoms with Crippen molar-refractivity contribution in [3.05, 3.63) is 28.8 Å². The summed E-state index contributed by atoms with van der Waals surface area (Å²) in [5, 5.41) is 0.676. The van der Waals surface area contributed by atoms with E-state index in [1.165, 1.54) is 5.56 Å². The zero-order chi connectivity index (χ0) is 10.7. The highest BCUT2D eigenvalue weighted by atomic mass is 35.5. The van der Waals surface area contributed by atoms with E-state index < -0.39 is 0 Å². The average Bonchev–Trinajstić information content (AvgIpc) is 2.13. The minimum absolute atomic E-state index is 0.146. The van der Waals surface area contributed by atoms with Gasteiger partial charge in [0.1, 0.15) is 5.75 Å². The molecule has 1 aromatic carbocycles. The average molecular weight is 224 g/mol. The summed E-state index contributed by atoms with van der Waals surface area (Å²) < 4.78 is 5.23. The summed E-state index contributed by atoms with van der Waals surface area (Å²) in [7, 11) is 1.65. The van der Waals surface area contributed by atoms with Crippen LogP contribution in [0.5, 0.6) is 5.75 Å². The lowest BCUT2D eigenvalue weighted by atomic mass is 9.38. The van der Waals surface area contributed by atoms with Gasteiger partial charge in [0, 0.05) is 11.0 Å². The molecular weight excluding hydrogens is 210 g/mol. The number of hydrogen-bond donors (Lipinski definition) is 1. The molecule has 3 aliphatic rings. The molecular formula is C12H14ClNO. The second-order valence-corrected chi connectivity index (χ2v) is 5.43. The van der Waals surface area contributed by atoms with Gasteiger partial charge in [-0.1, -0.05) is 17.7 Å². The van der Waals surface area contributed by atoms with Crippen LogP contribution in [0.2, 0.25) is 5.02 Å². The molecule has 2 nitrogen and oxygen atoms in total. The van der Waals surface area contributed by atoms with Gasteiger partial charge < -0.3 is 10.5 Å². The van der Waals surface area contributed by atoms with Crippen molar-refractivity contribution in [2.75, 3.05) is 7.11 Å². The normalized spacial score (nSPS) is 36.7. The highest BCUT2D eigenvalue weighted by Crippen LogP contribution is 2.66. The van der Waals surface area contributed by atoms with Crippen LogP contribution in [0.15, 0.2) is 18.2 Å². The minimum Gasteiger partial charge on any atom is -0.495 e. The van der Waals surface area contributed by atoms with E-state index in [4.69, 9.17) is 22.1 Å². The van der Waals surface area contributed by atoms with E-state index >= 15 is 0 Å². The van der Waals surface area contributed by atoms with Crippen molar-refractivity contribution < 1.29 is 4.74 Å². The topological polar surface area (TPSA) is 35.2 Å². The third-order valence-electron chi connectivity index (χ3n) is 3.83. The second-order valence-electron chi connectivity index (χ2n) is 5.02. The Balaban J connectivity index is 1.94. The maximum atomic E-state index is 6.05. The van der Waals surface area contributed by atoms with E-state index in [-0.39, 0.29) is 5.54 Å². The highest BCUT2D eigenvalue weighted by Gasteiger charge is 2.66. The third kappa shape index (κ3) is 1.15. The predicted octanol–water partition coefficient (Wildman–Crippen LogP) is 2.48. The van der Waals surface area contributed by atoms with Gasteiger partial charge in [-0.25, -0.2) is 0 Å². The molecule has 0 heterocycles. The van der Waals surface area contributed by atoms with E-state index in [9.17, 15) is 0 Å². The van der Waals surface area contributed by atoms with E-state index in [2.05, 4.69) is 12.1 Å². The quantitative estimate of drug-likeness (QED) is 0.836. The molecule has 0 aliphatic heterocycles. The summed E-state index contributed by atoms with van der Waals surface area (Å²) in [6.07, 6.45) is 3.35. The van der Waals surface area contributed by atoms with E-state index in [0.717, 1.165) is 25.0 Å².